The molecule has 1 rings (SSSR count). The van der Waals surface area contributed by atoms with Gasteiger partial charge in [0.15, 0.2) is 5.84 Å². The molecule has 1 atom stereocenters. The summed E-state index contributed by atoms with van der Waals surface area (Å²) >= 11 is 0. The van der Waals surface area contributed by atoms with Crippen LogP contribution in [0.2, 0.25) is 0 Å². The molecule has 0 aliphatic rings. The van der Waals surface area contributed by atoms with Crippen LogP contribution in [0.1, 0.15) is 32.8 Å². The van der Waals surface area contributed by atoms with E-state index < -0.39 is 0 Å². The van der Waals surface area contributed by atoms with Gasteiger partial charge in [0, 0.05) is 24.8 Å². The quantitative estimate of drug-likeness (QED) is 0.351. The molecule has 0 radical (unpaired) electrons. The van der Waals surface area contributed by atoms with Gasteiger partial charge in [-0.25, -0.2) is 4.98 Å². The molecule has 0 bridgehead atoms. The maximum atomic E-state index is 8.69. The van der Waals surface area contributed by atoms with E-state index in [0.717, 1.165) is 25.3 Å². The smallest absolute Gasteiger partial charge is 0.170 e. The number of amidine groups is 1. The molecule has 0 aromatic carbocycles. The third kappa shape index (κ3) is 3.61. The summed E-state index contributed by atoms with van der Waals surface area (Å²) in [7, 11) is 0. The Balaban J connectivity index is 2.92. The van der Waals surface area contributed by atoms with Gasteiger partial charge in [-0.05, 0) is 25.0 Å². The number of pyridine rings is 1. The Bertz CT molecular complexity index is 406. The van der Waals surface area contributed by atoms with Crippen LogP contribution in [0.25, 0.3) is 0 Å². The number of nitrogens with zero attached hydrogens (tertiary/aromatic N) is 3. The summed E-state index contributed by atoms with van der Waals surface area (Å²) in [5.74, 6) is 1.58. The largest absolute Gasteiger partial charge is 0.409 e. The van der Waals surface area contributed by atoms with Crippen LogP contribution in [0.15, 0.2) is 23.5 Å². The van der Waals surface area contributed by atoms with Crippen molar-refractivity contribution in [2.24, 2.45) is 16.8 Å². The van der Waals surface area contributed by atoms with Crippen molar-refractivity contribution in [1.29, 1.82) is 0 Å². The predicted octanol–water partition coefficient (Wildman–Crippen LogP) is 2.05. The van der Waals surface area contributed by atoms with Gasteiger partial charge in [0.1, 0.15) is 5.82 Å². The highest BCUT2D eigenvalue weighted by molar-refractivity contribution is 5.97. The first-order valence-corrected chi connectivity index (χ1v) is 6.31. The zero-order chi connectivity index (χ0) is 13.5. The monoisotopic (exact) mass is 250 g/mol. The van der Waals surface area contributed by atoms with Gasteiger partial charge in [-0.15, -0.1) is 0 Å². The minimum atomic E-state index is 0.109. The summed E-state index contributed by atoms with van der Waals surface area (Å²) in [5, 5.41) is 11.7. The number of anilines is 1. The molecule has 5 nitrogen and oxygen atoms in total. The van der Waals surface area contributed by atoms with Crippen molar-refractivity contribution < 1.29 is 5.21 Å². The van der Waals surface area contributed by atoms with Gasteiger partial charge in [0.05, 0.1) is 0 Å². The first-order valence-electron chi connectivity index (χ1n) is 6.31. The minimum Gasteiger partial charge on any atom is -0.409 e. The van der Waals surface area contributed by atoms with Gasteiger partial charge in [0.2, 0.25) is 0 Å². The predicted molar refractivity (Wildman–Crippen MR) is 74.1 cm³/mol. The zero-order valence-electron chi connectivity index (χ0n) is 11.3. The Hall–Kier alpha value is -1.78. The molecule has 0 aliphatic carbocycles. The SMILES string of the molecule is CCC(C)CN(CC)c1cc(C(N)=NO)ccn1. The number of aromatic nitrogens is 1. The summed E-state index contributed by atoms with van der Waals surface area (Å²) < 4.78 is 0. The van der Waals surface area contributed by atoms with Crippen molar-refractivity contribution in [3.8, 4) is 0 Å². The van der Waals surface area contributed by atoms with Gasteiger partial charge in [-0.2, -0.15) is 0 Å². The molecule has 0 saturated heterocycles. The van der Waals surface area contributed by atoms with Crippen molar-refractivity contribution in [2.75, 3.05) is 18.0 Å². The molecule has 5 heteroatoms. The Morgan fingerprint density at radius 1 is 1.56 bits per heavy atom. The van der Waals surface area contributed by atoms with Gasteiger partial charge in [0.25, 0.3) is 0 Å². The van der Waals surface area contributed by atoms with Crippen LogP contribution in [0.5, 0.6) is 0 Å². The normalized spacial score (nSPS) is 13.4. The van der Waals surface area contributed by atoms with Crippen molar-refractivity contribution in [3.63, 3.8) is 0 Å². The molecule has 1 aromatic rings. The topological polar surface area (TPSA) is 74.7 Å². The van der Waals surface area contributed by atoms with E-state index in [1.807, 2.05) is 6.07 Å². The first-order chi connectivity index (χ1) is 8.62. The van der Waals surface area contributed by atoms with E-state index in [1.165, 1.54) is 0 Å². The highest BCUT2D eigenvalue weighted by Crippen LogP contribution is 2.15. The summed E-state index contributed by atoms with van der Waals surface area (Å²) in [4.78, 5) is 6.55. The van der Waals surface area contributed by atoms with Gasteiger partial charge in [-0.3, -0.25) is 0 Å². The lowest BCUT2D eigenvalue weighted by atomic mass is 10.1. The lowest BCUT2D eigenvalue weighted by Gasteiger charge is -2.25. The molecule has 100 valence electrons. The number of rotatable bonds is 6. The molecule has 0 aliphatic heterocycles. The molecular formula is C13H22N4O. The van der Waals surface area contributed by atoms with Crippen LogP contribution in [-0.2, 0) is 0 Å². The van der Waals surface area contributed by atoms with E-state index in [-0.39, 0.29) is 5.84 Å². The molecule has 3 N–H and O–H groups in total. The molecule has 1 aromatic heterocycles. The summed E-state index contributed by atoms with van der Waals surface area (Å²) in [6.07, 6.45) is 2.82. The van der Waals surface area contributed by atoms with Crippen molar-refractivity contribution in [2.45, 2.75) is 27.2 Å². The highest BCUT2D eigenvalue weighted by atomic mass is 16.4. The second-order valence-corrected chi connectivity index (χ2v) is 4.44. The lowest BCUT2D eigenvalue weighted by Crippen LogP contribution is -2.29. The van der Waals surface area contributed by atoms with E-state index >= 15 is 0 Å². The van der Waals surface area contributed by atoms with Gasteiger partial charge < -0.3 is 15.8 Å². The van der Waals surface area contributed by atoms with Crippen LogP contribution >= 0.6 is 0 Å². The average Bonchev–Trinajstić information content (AvgIpc) is 2.43. The molecule has 0 amide bonds. The van der Waals surface area contributed by atoms with Crippen LogP contribution in [0.3, 0.4) is 0 Å². The van der Waals surface area contributed by atoms with Crippen LogP contribution in [0, 0.1) is 5.92 Å². The number of hydrogen-bond donors (Lipinski definition) is 2. The molecule has 0 spiro atoms. The molecule has 1 heterocycles. The van der Waals surface area contributed by atoms with Gasteiger partial charge >= 0.3 is 0 Å². The van der Waals surface area contributed by atoms with Crippen LogP contribution in [-0.4, -0.2) is 29.1 Å². The third-order valence-electron chi connectivity index (χ3n) is 3.08. The zero-order valence-corrected chi connectivity index (χ0v) is 11.3. The second kappa shape index (κ2) is 6.83. The van der Waals surface area contributed by atoms with Crippen molar-refractivity contribution >= 4 is 11.7 Å². The van der Waals surface area contributed by atoms with E-state index in [1.54, 1.807) is 12.3 Å². The fourth-order valence-electron chi connectivity index (χ4n) is 1.70. The fourth-order valence-corrected chi connectivity index (χ4v) is 1.70. The van der Waals surface area contributed by atoms with Crippen molar-refractivity contribution in [1.82, 2.24) is 4.98 Å². The summed E-state index contributed by atoms with van der Waals surface area (Å²) in [5.41, 5.74) is 6.27. The first kappa shape index (κ1) is 14.3. The fraction of sp³-hybridized carbons (Fsp3) is 0.538. The molecule has 0 fully saturated rings. The van der Waals surface area contributed by atoms with E-state index in [2.05, 4.69) is 35.8 Å². The Kier molecular flexibility index (Phi) is 5.42. The van der Waals surface area contributed by atoms with E-state index in [4.69, 9.17) is 10.9 Å². The average molecular weight is 250 g/mol. The Morgan fingerprint density at radius 2 is 2.28 bits per heavy atom. The van der Waals surface area contributed by atoms with Crippen LogP contribution in [0.4, 0.5) is 5.82 Å². The maximum absolute atomic E-state index is 8.69. The number of nitrogens with two attached hydrogens (primary N) is 1. The number of oxime groups is 1. The minimum absolute atomic E-state index is 0.109. The summed E-state index contributed by atoms with van der Waals surface area (Å²) in [6, 6.07) is 3.58. The van der Waals surface area contributed by atoms with Crippen molar-refractivity contribution in [3.05, 3.63) is 23.9 Å². The molecule has 18 heavy (non-hydrogen) atoms. The van der Waals surface area contributed by atoms with E-state index in [0.29, 0.717) is 11.5 Å². The Morgan fingerprint density at radius 3 is 2.83 bits per heavy atom. The maximum Gasteiger partial charge on any atom is 0.170 e. The standard InChI is InChI=1S/C13H22N4O/c1-4-10(3)9-17(5-2)12-8-11(6-7-15-12)13(14)16-18/h6-8,10,18H,4-5,9H2,1-3H3,(H2,14,16). The summed E-state index contributed by atoms with van der Waals surface area (Å²) in [6.45, 7) is 8.34. The molecule has 0 saturated carbocycles. The third-order valence-corrected chi connectivity index (χ3v) is 3.08. The molecular weight excluding hydrogens is 228 g/mol. The lowest BCUT2D eigenvalue weighted by molar-refractivity contribution is 0.318. The molecule has 1 unspecified atom stereocenters. The number of hydrogen-bond acceptors (Lipinski definition) is 4. The van der Waals surface area contributed by atoms with E-state index in [9.17, 15) is 0 Å². The van der Waals surface area contributed by atoms with Crippen LogP contribution < -0.4 is 10.6 Å². The van der Waals surface area contributed by atoms with Gasteiger partial charge in [-0.1, -0.05) is 25.4 Å². The second-order valence-electron chi connectivity index (χ2n) is 4.44. The Labute approximate surface area is 108 Å². The highest BCUT2D eigenvalue weighted by Gasteiger charge is 2.11.